The van der Waals surface area contributed by atoms with Crippen LogP contribution in [0.5, 0.6) is 0 Å². The summed E-state index contributed by atoms with van der Waals surface area (Å²) in [5.41, 5.74) is 3.18. The number of carbonyl (C=O) groups excluding carboxylic acids is 2. The number of hydrogen-bond acceptors (Lipinski definition) is 5. The topological polar surface area (TPSA) is 88.9 Å². The largest absolute Gasteiger partial charge is 0.350 e. The quantitative estimate of drug-likeness (QED) is 0.517. The molecular formula is C22H25N5O2S. The molecule has 0 bridgehead atoms. The fraction of sp³-hybridized carbons (Fsp3) is 0.273. The standard InChI is InChI=1S/C22H25N5O2S/c1-3-18-11-7-8-12-19(18)27-15-24-26-22(27)30-14-20(28)25-16(2)21(29)23-13-17-9-5-4-6-10-17/h4-12,15-16H,3,13-14H2,1-2H3,(H,23,29)(H,25,28). The van der Waals surface area contributed by atoms with Gasteiger partial charge in [-0.2, -0.15) is 0 Å². The Balaban J connectivity index is 1.51. The summed E-state index contributed by atoms with van der Waals surface area (Å²) in [4.78, 5) is 24.6. The predicted molar refractivity (Wildman–Crippen MR) is 117 cm³/mol. The van der Waals surface area contributed by atoms with Gasteiger partial charge in [0.05, 0.1) is 11.4 Å². The molecule has 0 radical (unpaired) electrons. The number of nitrogens with zero attached hydrogens (tertiary/aromatic N) is 3. The maximum Gasteiger partial charge on any atom is 0.242 e. The first-order chi connectivity index (χ1) is 14.6. The Labute approximate surface area is 180 Å². The fourth-order valence-electron chi connectivity index (χ4n) is 2.95. The molecule has 7 nitrogen and oxygen atoms in total. The Morgan fingerprint density at radius 1 is 1.10 bits per heavy atom. The molecule has 0 spiro atoms. The summed E-state index contributed by atoms with van der Waals surface area (Å²) in [6.07, 6.45) is 2.53. The van der Waals surface area contributed by atoms with Crippen molar-refractivity contribution in [2.75, 3.05) is 5.75 Å². The number of para-hydroxylation sites is 1. The molecule has 0 saturated carbocycles. The lowest BCUT2D eigenvalue weighted by Crippen LogP contribution is -2.45. The molecule has 2 aromatic carbocycles. The van der Waals surface area contributed by atoms with Crippen molar-refractivity contribution in [1.82, 2.24) is 25.4 Å². The van der Waals surface area contributed by atoms with E-state index in [1.807, 2.05) is 53.1 Å². The number of carbonyl (C=O) groups is 2. The molecule has 156 valence electrons. The second-order valence-electron chi connectivity index (χ2n) is 6.75. The van der Waals surface area contributed by atoms with Gasteiger partial charge in [0.2, 0.25) is 11.8 Å². The highest BCUT2D eigenvalue weighted by molar-refractivity contribution is 7.99. The number of rotatable bonds is 9. The molecule has 2 N–H and O–H groups in total. The third-order valence-electron chi connectivity index (χ3n) is 4.56. The first kappa shape index (κ1) is 21.6. The maximum atomic E-state index is 12.3. The van der Waals surface area contributed by atoms with Gasteiger partial charge in [0.25, 0.3) is 0 Å². The molecule has 0 aliphatic rings. The van der Waals surface area contributed by atoms with Crippen LogP contribution in [0.2, 0.25) is 0 Å². The highest BCUT2D eigenvalue weighted by atomic mass is 32.2. The van der Waals surface area contributed by atoms with E-state index in [-0.39, 0.29) is 17.6 Å². The Hall–Kier alpha value is -3.13. The van der Waals surface area contributed by atoms with E-state index in [1.54, 1.807) is 13.3 Å². The highest BCUT2D eigenvalue weighted by Crippen LogP contribution is 2.22. The molecule has 0 fully saturated rings. The Morgan fingerprint density at radius 3 is 2.60 bits per heavy atom. The first-order valence-electron chi connectivity index (χ1n) is 9.80. The molecule has 3 aromatic rings. The zero-order valence-electron chi connectivity index (χ0n) is 17.0. The van der Waals surface area contributed by atoms with Gasteiger partial charge in [-0.15, -0.1) is 10.2 Å². The van der Waals surface area contributed by atoms with Crippen molar-refractivity contribution in [3.63, 3.8) is 0 Å². The van der Waals surface area contributed by atoms with Crippen molar-refractivity contribution >= 4 is 23.6 Å². The lowest BCUT2D eigenvalue weighted by atomic mass is 10.1. The van der Waals surface area contributed by atoms with Crippen molar-refractivity contribution in [3.8, 4) is 5.69 Å². The van der Waals surface area contributed by atoms with Crippen molar-refractivity contribution in [3.05, 3.63) is 72.1 Å². The third kappa shape index (κ3) is 5.70. The second-order valence-corrected chi connectivity index (χ2v) is 7.69. The average Bonchev–Trinajstić information content (AvgIpc) is 3.25. The lowest BCUT2D eigenvalue weighted by Gasteiger charge is -2.14. The normalized spacial score (nSPS) is 11.7. The summed E-state index contributed by atoms with van der Waals surface area (Å²) in [6, 6.07) is 17.0. The van der Waals surface area contributed by atoms with Crippen LogP contribution in [-0.2, 0) is 22.6 Å². The highest BCUT2D eigenvalue weighted by Gasteiger charge is 2.17. The van der Waals surface area contributed by atoms with E-state index in [1.165, 1.54) is 17.3 Å². The van der Waals surface area contributed by atoms with E-state index in [4.69, 9.17) is 0 Å². The van der Waals surface area contributed by atoms with E-state index < -0.39 is 6.04 Å². The fourth-order valence-corrected chi connectivity index (χ4v) is 3.68. The summed E-state index contributed by atoms with van der Waals surface area (Å²) >= 11 is 1.29. The van der Waals surface area contributed by atoms with Gasteiger partial charge in [-0.25, -0.2) is 0 Å². The molecule has 1 heterocycles. The van der Waals surface area contributed by atoms with Gasteiger partial charge in [-0.3, -0.25) is 14.2 Å². The molecule has 2 amide bonds. The molecular weight excluding hydrogens is 398 g/mol. The van der Waals surface area contributed by atoms with Crippen LogP contribution in [0.3, 0.4) is 0 Å². The van der Waals surface area contributed by atoms with Crippen LogP contribution in [0.4, 0.5) is 0 Å². The van der Waals surface area contributed by atoms with E-state index in [0.717, 1.165) is 17.7 Å². The number of amides is 2. The minimum Gasteiger partial charge on any atom is -0.350 e. The molecule has 8 heteroatoms. The summed E-state index contributed by atoms with van der Waals surface area (Å²) in [5.74, 6) is -0.318. The number of aryl methyl sites for hydroxylation is 1. The zero-order valence-corrected chi connectivity index (χ0v) is 17.9. The first-order valence-corrected chi connectivity index (χ1v) is 10.8. The van der Waals surface area contributed by atoms with Gasteiger partial charge in [-0.05, 0) is 30.5 Å². The molecule has 0 aliphatic heterocycles. The second kappa shape index (κ2) is 10.6. The Kier molecular flexibility index (Phi) is 7.62. The van der Waals surface area contributed by atoms with Gasteiger partial charge in [0.15, 0.2) is 5.16 Å². The van der Waals surface area contributed by atoms with Crippen LogP contribution in [0.1, 0.15) is 25.0 Å². The summed E-state index contributed by atoms with van der Waals surface area (Å²) in [5, 5.41) is 14.3. The summed E-state index contributed by atoms with van der Waals surface area (Å²) in [6.45, 7) is 4.19. The number of benzene rings is 2. The van der Waals surface area contributed by atoms with Gasteiger partial charge in [0.1, 0.15) is 12.4 Å². The van der Waals surface area contributed by atoms with E-state index in [9.17, 15) is 9.59 Å². The van der Waals surface area contributed by atoms with Crippen molar-refractivity contribution in [1.29, 1.82) is 0 Å². The smallest absolute Gasteiger partial charge is 0.242 e. The van der Waals surface area contributed by atoms with Crippen LogP contribution < -0.4 is 10.6 Å². The van der Waals surface area contributed by atoms with Gasteiger partial charge in [0, 0.05) is 6.54 Å². The third-order valence-corrected chi connectivity index (χ3v) is 5.50. The van der Waals surface area contributed by atoms with Crippen molar-refractivity contribution < 1.29 is 9.59 Å². The lowest BCUT2D eigenvalue weighted by molar-refractivity contribution is -0.127. The van der Waals surface area contributed by atoms with Crippen LogP contribution in [0, 0.1) is 0 Å². The minimum absolute atomic E-state index is 0.142. The number of aromatic nitrogens is 3. The van der Waals surface area contributed by atoms with Gasteiger partial charge in [-0.1, -0.05) is 67.2 Å². The summed E-state index contributed by atoms with van der Waals surface area (Å²) < 4.78 is 1.88. The Bertz CT molecular complexity index is 990. The molecule has 30 heavy (non-hydrogen) atoms. The van der Waals surface area contributed by atoms with Crippen LogP contribution in [0.15, 0.2) is 66.1 Å². The molecule has 0 aliphatic carbocycles. The minimum atomic E-state index is -0.625. The van der Waals surface area contributed by atoms with Crippen LogP contribution in [0.25, 0.3) is 5.69 Å². The molecule has 1 atom stereocenters. The van der Waals surface area contributed by atoms with Crippen LogP contribution in [-0.4, -0.2) is 38.4 Å². The van der Waals surface area contributed by atoms with Crippen molar-refractivity contribution in [2.45, 2.75) is 38.0 Å². The Morgan fingerprint density at radius 2 is 1.83 bits per heavy atom. The SMILES string of the molecule is CCc1ccccc1-n1cnnc1SCC(=O)NC(C)C(=O)NCc1ccccc1. The number of nitrogens with one attached hydrogen (secondary N) is 2. The predicted octanol–water partition coefficient (Wildman–Crippen LogP) is 2.74. The number of thioether (sulfide) groups is 1. The molecule has 0 saturated heterocycles. The van der Waals surface area contributed by atoms with E-state index >= 15 is 0 Å². The molecule has 1 aromatic heterocycles. The van der Waals surface area contributed by atoms with Crippen molar-refractivity contribution in [2.24, 2.45) is 0 Å². The van der Waals surface area contributed by atoms with Crippen LogP contribution >= 0.6 is 11.8 Å². The maximum absolute atomic E-state index is 12.3. The van der Waals surface area contributed by atoms with E-state index in [0.29, 0.717) is 11.7 Å². The molecule has 1 unspecified atom stereocenters. The monoisotopic (exact) mass is 423 g/mol. The average molecular weight is 424 g/mol. The van der Waals surface area contributed by atoms with E-state index in [2.05, 4.69) is 33.8 Å². The number of hydrogen-bond donors (Lipinski definition) is 2. The zero-order chi connectivity index (χ0) is 21.3. The summed E-state index contributed by atoms with van der Waals surface area (Å²) in [7, 11) is 0. The van der Waals surface area contributed by atoms with Gasteiger partial charge >= 0.3 is 0 Å². The molecule has 3 rings (SSSR count). The van der Waals surface area contributed by atoms with Gasteiger partial charge < -0.3 is 10.6 Å².